The van der Waals surface area contributed by atoms with E-state index in [-0.39, 0.29) is 0 Å². The van der Waals surface area contributed by atoms with Crippen LogP contribution in [-0.4, -0.2) is 0 Å². The summed E-state index contributed by atoms with van der Waals surface area (Å²) in [5, 5.41) is 4.91. The molecule has 0 saturated heterocycles. The molecule has 0 radical (unpaired) electrons. The highest BCUT2D eigenvalue weighted by Crippen LogP contribution is 2.48. The molecule has 1 aliphatic rings. The molecule has 55 heavy (non-hydrogen) atoms. The molecular formula is C52H39N3. The first-order valence-corrected chi connectivity index (χ1v) is 19.1. The Kier molecular flexibility index (Phi) is 8.31. The smallest absolute Gasteiger partial charge is 0.0514 e. The predicted molar refractivity (Wildman–Crippen MR) is 233 cm³/mol. The summed E-state index contributed by atoms with van der Waals surface area (Å²) in [6, 6.07) is 77.1. The van der Waals surface area contributed by atoms with Gasteiger partial charge in [0.2, 0.25) is 0 Å². The monoisotopic (exact) mass is 705 g/mol. The molecule has 0 spiro atoms. The highest BCUT2D eigenvalue weighted by molar-refractivity contribution is 5.93. The first-order chi connectivity index (χ1) is 27.3. The summed E-state index contributed by atoms with van der Waals surface area (Å²) in [5.74, 6) is 0. The van der Waals surface area contributed by atoms with Crippen LogP contribution in [0.3, 0.4) is 0 Å². The third-order valence-corrected chi connectivity index (χ3v) is 10.8. The third-order valence-electron chi connectivity index (χ3n) is 10.8. The van der Waals surface area contributed by atoms with Gasteiger partial charge >= 0.3 is 0 Å². The van der Waals surface area contributed by atoms with Gasteiger partial charge in [-0.3, -0.25) is 0 Å². The molecule has 10 rings (SSSR count). The zero-order valence-corrected chi connectivity index (χ0v) is 30.5. The highest BCUT2D eigenvalue weighted by atomic mass is 15.2. The topological polar surface area (TPSA) is 9.72 Å². The molecular weight excluding hydrogens is 667 g/mol. The van der Waals surface area contributed by atoms with E-state index in [1.807, 2.05) is 0 Å². The summed E-state index contributed by atoms with van der Waals surface area (Å²) in [7, 11) is 0. The second-order valence-corrected chi connectivity index (χ2v) is 14.2. The number of fused-ring (bicyclic) bond motifs is 4. The second-order valence-electron chi connectivity index (χ2n) is 14.2. The van der Waals surface area contributed by atoms with Gasteiger partial charge in [-0.15, -0.1) is 0 Å². The van der Waals surface area contributed by atoms with Crippen LogP contribution < -0.4 is 14.7 Å². The van der Waals surface area contributed by atoms with E-state index in [1.54, 1.807) is 0 Å². The summed E-state index contributed by atoms with van der Waals surface area (Å²) in [4.78, 5) is 7.25. The molecule has 9 aromatic rings. The Hall–Kier alpha value is -7.10. The van der Waals surface area contributed by atoms with E-state index >= 15 is 0 Å². The molecule has 1 aliphatic heterocycles. The number of anilines is 9. The van der Waals surface area contributed by atoms with Crippen LogP contribution in [0.5, 0.6) is 0 Å². The summed E-state index contributed by atoms with van der Waals surface area (Å²) >= 11 is 0. The molecule has 0 atom stereocenters. The predicted octanol–water partition coefficient (Wildman–Crippen LogP) is 14.5. The van der Waals surface area contributed by atoms with Crippen molar-refractivity contribution in [2.45, 2.75) is 12.8 Å². The Morgan fingerprint density at radius 1 is 0.291 bits per heavy atom. The van der Waals surface area contributed by atoms with Crippen LogP contribution in [0.2, 0.25) is 0 Å². The number of nitrogens with zero attached hydrogens (tertiary/aromatic N) is 3. The Morgan fingerprint density at radius 3 is 1.11 bits per heavy atom. The first-order valence-electron chi connectivity index (χ1n) is 19.1. The van der Waals surface area contributed by atoms with Crippen LogP contribution in [0, 0.1) is 0 Å². The molecule has 0 saturated carbocycles. The molecule has 0 aliphatic carbocycles. The molecule has 0 bridgehead atoms. The van der Waals surface area contributed by atoms with Gasteiger partial charge in [0.15, 0.2) is 0 Å². The molecule has 0 fully saturated rings. The maximum atomic E-state index is 2.48. The van der Waals surface area contributed by atoms with Gasteiger partial charge in [0.05, 0.1) is 11.4 Å². The largest absolute Gasteiger partial charge is 0.310 e. The minimum Gasteiger partial charge on any atom is -0.310 e. The number of aryl methyl sites for hydroxylation is 2. The lowest BCUT2D eigenvalue weighted by Crippen LogP contribution is -2.15. The fourth-order valence-electron chi connectivity index (χ4n) is 8.16. The molecule has 262 valence electrons. The molecule has 3 nitrogen and oxygen atoms in total. The van der Waals surface area contributed by atoms with E-state index in [0.717, 1.165) is 52.7 Å². The van der Waals surface area contributed by atoms with Gasteiger partial charge in [-0.05, 0) is 130 Å². The van der Waals surface area contributed by atoms with Crippen molar-refractivity contribution in [2.24, 2.45) is 0 Å². The molecule has 0 aromatic heterocycles. The molecule has 0 amide bonds. The average Bonchev–Trinajstić information content (AvgIpc) is 3.41. The summed E-state index contributed by atoms with van der Waals surface area (Å²) in [6.45, 7) is 0. The van der Waals surface area contributed by atoms with E-state index in [2.05, 4.69) is 227 Å². The number of benzene rings is 9. The van der Waals surface area contributed by atoms with Gasteiger partial charge in [0.25, 0.3) is 0 Å². The lowest BCUT2D eigenvalue weighted by atomic mass is 10.0. The maximum absolute atomic E-state index is 2.48. The van der Waals surface area contributed by atoms with Gasteiger partial charge in [-0.25, -0.2) is 0 Å². The average molecular weight is 706 g/mol. The van der Waals surface area contributed by atoms with Crippen molar-refractivity contribution in [3.05, 3.63) is 223 Å². The minimum atomic E-state index is 0.944. The third kappa shape index (κ3) is 6.16. The normalized spacial score (nSPS) is 12.2. The van der Waals surface area contributed by atoms with Crippen LogP contribution in [0.4, 0.5) is 51.2 Å². The number of para-hydroxylation sites is 3. The van der Waals surface area contributed by atoms with Crippen molar-refractivity contribution in [1.82, 2.24) is 0 Å². The number of hydrogen-bond acceptors (Lipinski definition) is 3. The fraction of sp³-hybridized carbons (Fsp3) is 0.0385. The van der Waals surface area contributed by atoms with Crippen LogP contribution in [0.15, 0.2) is 212 Å². The number of hydrogen-bond donors (Lipinski definition) is 0. The van der Waals surface area contributed by atoms with E-state index in [4.69, 9.17) is 0 Å². The zero-order valence-electron chi connectivity index (χ0n) is 30.5. The standard InChI is InChI=1S/C52H39N3/c1-4-18-44(19-5-1)53(47-30-26-38-14-10-12-16-42(38)34-47)49-32-28-40-24-25-41-29-33-50(37-52(41)55(51(40)36-49)46-22-8-3-9-23-46)54(45-20-6-2-7-21-45)48-31-27-39-15-11-13-17-43(39)35-48/h1-23,26-37H,24-25H2. The van der Waals surface area contributed by atoms with Gasteiger partial charge < -0.3 is 14.7 Å². The summed E-state index contributed by atoms with van der Waals surface area (Å²) in [5.41, 5.74) is 12.9. The first kappa shape index (κ1) is 32.5. The van der Waals surface area contributed by atoms with Gasteiger partial charge in [0, 0.05) is 39.8 Å². The van der Waals surface area contributed by atoms with Gasteiger partial charge in [0.1, 0.15) is 0 Å². The van der Waals surface area contributed by atoms with Crippen LogP contribution in [-0.2, 0) is 12.8 Å². The van der Waals surface area contributed by atoms with E-state index in [1.165, 1.54) is 44.0 Å². The van der Waals surface area contributed by atoms with Crippen molar-refractivity contribution in [3.63, 3.8) is 0 Å². The van der Waals surface area contributed by atoms with E-state index in [0.29, 0.717) is 0 Å². The van der Waals surface area contributed by atoms with Gasteiger partial charge in [-0.2, -0.15) is 0 Å². The van der Waals surface area contributed by atoms with Crippen LogP contribution in [0.25, 0.3) is 21.5 Å². The Morgan fingerprint density at radius 2 is 0.655 bits per heavy atom. The molecule has 1 heterocycles. The Bertz CT molecular complexity index is 2600. The summed E-state index contributed by atoms with van der Waals surface area (Å²) < 4.78 is 0. The molecule has 0 unspecified atom stereocenters. The van der Waals surface area contributed by atoms with E-state index in [9.17, 15) is 0 Å². The molecule has 0 N–H and O–H groups in total. The second kappa shape index (κ2) is 14.0. The van der Waals surface area contributed by atoms with Gasteiger partial charge in [-0.1, -0.05) is 127 Å². The lowest BCUT2D eigenvalue weighted by molar-refractivity contribution is 0.977. The lowest BCUT2D eigenvalue weighted by Gasteiger charge is -2.32. The van der Waals surface area contributed by atoms with E-state index < -0.39 is 0 Å². The summed E-state index contributed by atoms with van der Waals surface area (Å²) in [6.07, 6.45) is 1.89. The number of rotatable bonds is 7. The minimum absolute atomic E-state index is 0.944. The maximum Gasteiger partial charge on any atom is 0.0514 e. The highest BCUT2D eigenvalue weighted by Gasteiger charge is 2.26. The van der Waals surface area contributed by atoms with Crippen LogP contribution >= 0.6 is 0 Å². The Labute approximate surface area is 322 Å². The van der Waals surface area contributed by atoms with Crippen molar-refractivity contribution in [1.29, 1.82) is 0 Å². The van der Waals surface area contributed by atoms with Crippen molar-refractivity contribution in [3.8, 4) is 0 Å². The molecule has 9 aromatic carbocycles. The quantitative estimate of drug-likeness (QED) is 0.163. The van der Waals surface area contributed by atoms with Crippen molar-refractivity contribution in [2.75, 3.05) is 14.7 Å². The fourth-order valence-corrected chi connectivity index (χ4v) is 8.16. The van der Waals surface area contributed by atoms with Crippen LogP contribution in [0.1, 0.15) is 11.1 Å². The SMILES string of the molecule is c1ccc(N(c2ccc3c(c2)N(c2ccccc2)c2cc(N(c4ccccc4)c4ccc5ccccc5c4)ccc2CC3)c2ccc3ccccc3c2)cc1. The molecule has 3 heteroatoms. The van der Waals surface area contributed by atoms with Crippen molar-refractivity contribution < 1.29 is 0 Å². The van der Waals surface area contributed by atoms with Crippen molar-refractivity contribution >= 4 is 72.7 Å². The zero-order chi connectivity index (χ0) is 36.6. The Balaban J connectivity index is 1.16.